The van der Waals surface area contributed by atoms with Crippen LogP contribution in [0.4, 0.5) is 11.6 Å². The second-order valence-electron chi connectivity index (χ2n) is 13.0. The third kappa shape index (κ3) is 11.0. The van der Waals surface area contributed by atoms with Crippen LogP contribution in [0.25, 0.3) is 0 Å². The number of amides is 2. The molecule has 2 aromatic carbocycles. The molecule has 4 aromatic rings. The molecule has 2 fully saturated rings. The van der Waals surface area contributed by atoms with E-state index in [4.69, 9.17) is 48.2 Å². The van der Waals surface area contributed by atoms with E-state index in [9.17, 15) is 9.59 Å². The third-order valence-corrected chi connectivity index (χ3v) is 9.09. The third-order valence-electron chi connectivity index (χ3n) is 9.09. The van der Waals surface area contributed by atoms with Crippen LogP contribution in [0, 0.1) is 13.8 Å². The fourth-order valence-corrected chi connectivity index (χ4v) is 6.00. The van der Waals surface area contributed by atoms with Gasteiger partial charge in [0.2, 0.25) is 13.6 Å². The maximum Gasteiger partial charge on any atom is 0.414 e. The molecule has 2 aromatic heterocycles. The van der Waals surface area contributed by atoms with Crippen LogP contribution in [0.15, 0.2) is 61.2 Å². The van der Waals surface area contributed by atoms with E-state index in [0.29, 0.717) is 60.7 Å². The number of aryl methyl sites for hydroxylation is 2. The Hall–Kier alpha value is -7.12. The molecule has 0 saturated carbocycles. The van der Waals surface area contributed by atoms with Crippen LogP contribution in [0.2, 0.25) is 0 Å². The number of aromatic nitrogens is 4. The summed E-state index contributed by atoms with van der Waals surface area (Å²) >= 11 is 0. The highest BCUT2D eigenvalue weighted by molar-refractivity contribution is 6.27. The van der Waals surface area contributed by atoms with Gasteiger partial charge in [-0.15, -0.1) is 0 Å². The fraction of sp³-hybridized carbons (Fsp3) is 0.368. The number of anilines is 2. The molecular formula is C38H42N8O12. The number of carbonyl (C=O) groups excluding carboxylic acids is 2. The van der Waals surface area contributed by atoms with Crippen molar-refractivity contribution in [1.82, 2.24) is 29.7 Å². The standard InChI is InChI=1S/2C18H20N4O4.C2H2O4/c2*1-13-8-17(20-11-19-13)21-4-6-22(7-5-21)18(23)10-24-14-2-3-15-16(9-14)26-12-25-15;3-1(4)2(5)6/h2*2-3,8-9,11H,4-7,10,12H2,1H3;(H,3,4)(H,5,6). The number of aliphatic carboxylic acids is 2. The zero-order valence-corrected chi connectivity index (χ0v) is 31.8. The molecule has 4 aliphatic heterocycles. The number of hydrogen-bond acceptors (Lipinski definition) is 16. The minimum Gasteiger partial charge on any atom is -0.484 e. The van der Waals surface area contributed by atoms with Crippen LogP contribution in [0.5, 0.6) is 34.5 Å². The highest BCUT2D eigenvalue weighted by Crippen LogP contribution is 2.36. The van der Waals surface area contributed by atoms with Gasteiger partial charge in [-0.3, -0.25) is 9.59 Å². The molecule has 0 atom stereocenters. The summed E-state index contributed by atoms with van der Waals surface area (Å²) in [7, 11) is 0. The predicted octanol–water partition coefficient (Wildman–Crippen LogP) is 1.64. The van der Waals surface area contributed by atoms with Crippen molar-refractivity contribution in [3.63, 3.8) is 0 Å². The number of carbonyl (C=O) groups is 4. The number of ether oxygens (including phenoxy) is 6. The van der Waals surface area contributed by atoms with E-state index in [2.05, 4.69) is 29.7 Å². The molecule has 0 unspecified atom stereocenters. The Morgan fingerprint density at radius 3 is 1.29 bits per heavy atom. The molecule has 2 saturated heterocycles. The number of fused-ring (bicyclic) bond motifs is 2. The van der Waals surface area contributed by atoms with Crippen molar-refractivity contribution in [3.8, 4) is 34.5 Å². The Morgan fingerprint density at radius 1 is 0.552 bits per heavy atom. The molecule has 0 radical (unpaired) electrons. The Labute approximate surface area is 332 Å². The van der Waals surface area contributed by atoms with Crippen molar-refractivity contribution in [2.45, 2.75) is 13.8 Å². The monoisotopic (exact) mass is 802 g/mol. The highest BCUT2D eigenvalue weighted by atomic mass is 16.7. The van der Waals surface area contributed by atoms with Gasteiger partial charge in [0.15, 0.2) is 36.2 Å². The largest absolute Gasteiger partial charge is 0.484 e. The topological polar surface area (TPSA) is 229 Å². The fourth-order valence-electron chi connectivity index (χ4n) is 6.00. The van der Waals surface area contributed by atoms with Gasteiger partial charge >= 0.3 is 11.9 Å². The van der Waals surface area contributed by atoms with Crippen molar-refractivity contribution in [3.05, 3.63) is 72.6 Å². The molecule has 58 heavy (non-hydrogen) atoms. The molecule has 20 heteroatoms. The van der Waals surface area contributed by atoms with Crippen LogP contribution in [-0.4, -0.2) is 143 Å². The average Bonchev–Trinajstić information content (AvgIpc) is 3.92. The van der Waals surface area contributed by atoms with E-state index in [0.717, 1.165) is 49.2 Å². The van der Waals surface area contributed by atoms with Crippen molar-refractivity contribution in [2.24, 2.45) is 0 Å². The summed E-state index contributed by atoms with van der Waals surface area (Å²) in [5.41, 5.74) is 1.87. The normalized spacial score (nSPS) is 15.0. The van der Waals surface area contributed by atoms with Gasteiger partial charge in [-0.2, -0.15) is 0 Å². The lowest BCUT2D eigenvalue weighted by Crippen LogP contribution is -2.50. The quantitative estimate of drug-likeness (QED) is 0.241. The smallest absolute Gasteiger partial charge is 0.414 e. The summed E-state index contributed by atoms with van der Waals surface area (Å²) in [6.45, 7) is 9.88. The first kappa shape index (κ1) is 40.5. The Kier molecular flexibility index (Phi) is 13.4. The van der Waals surface area contributed by atoms with E-state index >= 15 is 0 Å². The van der Waals surface area contributed by atoms with Crippen LogP contribution in [0.1, 0.15) is 11.4 Å². The number of hydrogen-bond donors (Lipinski definition) is 2. The van der Waals surface area contributed by atoms with Gasteiger partial charge in [-0.1, -0.05) is 0 Å². The Balaban J connectivity index is 0.000000172. The summed E-state index contributed by atoms with van der Waals surface area (Å²) in [4.78, 5) is 67.8. The molecule has 4 aliphatic rings. The average molecular weight is 803 g/mol. The lowest BCUT2D eigenvalue weighted by Gasteiger charge is -2.35. The molecule has 8 rings (SSSR count). The van der Waals surface area contributed by atoms with E-state index in [-0.39, 0.29) is 38.6 Å². The highest BCUT2D eigenvalue weighted by Gasteiger charge is 2.24. The molecule has 0 spiro atoms. The molecule has 2 amide bonds. The molecule has 2 N–H and O–H groups in total. The van der Waals surface area contributed by atoms with E-state index < -0.39 is 11.9 Å². The van der Waals surface area contributed by atoms with Gasteiger partial charge in [0.25, 0.3) is 11.8 Å². The lowest BCUT2D eigenvalue weighted by atomic mass is 10.3. The lowest BCUT2D eigenvalue weighted by molar-refractivity contribution is -0.159. The number of carboxylic acids is 2. The molecule has 306 valence electrons. The number of piperazine rings is 2. The van der Waals surface area contributed by atoms with Crippen LogP contribution in [0.3, 0.4) is 0 Å². The zero-order chi connectivity index (χ0) is 41.0. The number of nitrogens with zero attached hydrogens (tertiary/aromatic N) is 8. The first-order chi connectivity index (χ1) is 28.0. The number of rotatable bonds is 8. The van der Waals surface area contributed by atoms with Crippen LogP contribution in [-0.2, 0) is 19.2 Å². The van der Waals surface area contributed by atoms with Crippen LogP contribution < -0.4 is 38.2 Å². The second kappa shape index (κ2) is 19.2. The second-order valence-corrected chi connectivity index (χ2v) is 13.0. The van der Waals surface area contributed by atoms with Gasteiger partial charge in [-0.05, 0) is 38.1 Å². The van der Waals surface area contributed by atoms with Gasteiger partial charge < -0.3 is 58.2 Å². The summed E-state index contributed by atoms with van der Waals surface area (Å²) in [6, 6.07) is 14.5. The number of benzene rings is 2. The minimum absolute atomic E-state index is 0.00621. The molecular weight excluding hydrogens is 760 g/mol. The predicted molar refractivity (Wildman–Crippen MR) is 203 cm³/mol. The Bertz CT molecular complexity index is 1940. The van der Waals surface area contributed by atoms with Gasteiger partial charge in [0, 0.05) is 88.0 Å². The first-order valence-electron chi connectivity index (χ1n) is 18.2. The van der Waals surface area contributed by atoms with Crippen molar-refractivity contribution < 1.29 is 57.8 Å². The van der Waals surface area contributed by atoms with Crippen LogP contribution >= 0.6 is 0 Å². The van der Waals surface area contributed by atoms with Crippen molar-refractivity contribution in [1.29, 1.82) is 0 Å². The molecule has 0 bridgehead atoms. The molecule has 20 nitrogen and oxygen atoms in total. The van der Waals surface area contributed by atoms with Crippen molar-refractivity contribution >= 4 is 35.4 Å². The minimum atomic E-state index is -1.82. The van der Waals surface area contributed by atoms with E-state index in [1.807, 2.05) is 35.8 Å². The van der Waals surface area contributed by atoms with Gasteiger partial charge in [0.1, 0.15) is 35.8 Å². The summed E-state index contributed by atoms with van der Waals surface area (Å²) in [6.07, 6.45) is 3.14. The summed E-state index contributed by atoms with van der Waals surface area (Å²) < 4.78 is 32.4. The Morgan fingerprint density at radius 2 is 0.931 bits per heavy atom. The van der Waals surface area contributed by atoms with Gasteiger partial charge in [0.05, 0.1) is 0 Å². The summed E-state index contributed by atoms with van der Waals surface area (Å²) in [5.74, 6) is 1.97. The molecule has 6 heterocycles. The van der Waals surface area contributed by atoms with Gasteiger partial charge in [-0.25, -0.2) is 29.5 Å². The SMILES string of the molecule is Cc1cc(N2CCN(C(=O)COc3ccc4c(c3)OCO4)CC2)ncn1.Cc1cc(N2CCN(C(=O)COc3ccc4c(c3)OCO4)CC2)ncn1.O=C(O)C(=O)O. The first-order valence-corrected chi connectivity index (χ1v) is 18.2. The van der Waals surface area contributed by atoms with Crippen molar-refractivity contribution in [2.75, 3.05) is 89.0 Å². The molecule has 0 aliphatic carbocycles. The number of carboxylic acid groups (broad SMARTS) is 2. The summed E-state index contributed by atoms with van der Waals surface area (Å²) in [5, 5.41) is 14.8. The van der Waals surface area contributed by atoms with E-state index in [1.165, 1.54) is 0 Å². The zero-order valence-electron chi connectivity index (χ0n) is 31.8. The van der Waals surface area contributed by atoms with E-state index in [1.54, 1.807) is 49.1 Å². The maximum absolute atomic E-state index is 12.4. The maximum atomic E-state index is 12.4.